The first-order valence-electron chi connectivity index (χ1n) is 10.4. The van der Waals surface area contributed by atoms with Crippen molar-refractivity contribution in [3.8, 4) is 21.9 Å². The molecule has 0 aliphatic rings. The van der Waals surface area contributed by atoms with Crippen LogP contribution >= 0.6 is 22.9 Å². The molecule has 4 heterocycles. The molecule has 0 radical (unpaired) electrons. The topological polar surface area (TPSA) is 93.2 Å². The minimum absolute atomic E-state index is 0.0185. The first-order chi connectivity index (χ1) is 16.8. The summed E-state index contributed by atoms with van der Waals surface area (Å²) in [4.78, 5) is 32.2. The predicted molar refractivity (Wildman–Crippen MR) is 133 cm³/mol. The Morgan fingerprint density at radius 1 is 1.14 bits per heavy atom. The second-order valence-corrected chi connectivity index (χ2v) is 9.18. The van der Waals surface area contributed by atoms with Crippen LogP contribution in [0.1, 0.15) is 0 Å². The zero-order valence-electron chi connectivity index (χ0n) is 18.9. The Hall–Kier alpha value is -3.54. The van der Waals surface area contributed by atoms with Gasteiger partial charge < -0.3 is 9.47 Å². The highest BCUT2D eigenvalue weighted by Crippen LogP contribution is 2.39. The van der Waals surface area contributed by atoms with Gasteiger partial charge in [-0.15, -0.1) is 11.3 Å². The van der Waals surface area contributed by atoms with Crippen LogP contribution in [0.5, 0.6) is 5.75 Å². The van der Waals surface area contributed by atoms with Crippen LogP contribution in [0.2, 0.25) is 5.02 Å². The van der Waals surface area contributed by atoms with E-state index in [1.54, 1.807) is 30.2 Å². The van der Waals surface area contributed by atoms with E-state index in [0.29, 0.717) is 37.2 Å². The van der Waals surface area contributed by atoms with Crippen molar-refractivity contribution in [3.63, 3.8) is 0 Å². The molecular weight excluding hydrogens is 497 g/mol. The van der Waals surface area contributed by atoms with Crippen LogP contribution in [0, 0.1) is 5.82 Å². The number of fused-ring (bicyclic) bond motifs is 2. The molecule has 4 aromatic heterocycles. The molecule has 35 heavy (non-hydrogen) atoms. The zero-order valence-corrected chi connectivity index (χ0v) is 20.5. The van der Waals surface area contributed by atoms with Gasteiger partial charge in [-0.1, -0.05) is 11.6 Å². The molecule has 1 aromatic carbocycles. The molecule has 5 rings (SSSR count). The molecule has 0 atom stereocenters. The Morgan fingerprint density at radius 3 is 2.69 bits per heavy atom. The second-order valence-electron chi connectivity index (χ2n) is 7.72. The van der Waals surface area contributed by atoms with E-state index in [-0.39, 0.29) is 23.9 Å². The number of ether oxygens (including phenoxy) is 2. The molecule has 9 nitrogen and oxygen atoms in total. The number of hydrogen-bond donors (Lipinski definition) is 0. The number of thiophene rings is 1. The van der Waals surface area contributed by atoms with Crippen molar-refractivity contribution in [2.24, 2.45) is 7.05 Å². The average molecular weight is 516 g/mol. The lowest BCUT2D eigenvalue weighted by atomic mass is 10.1. The van der Waals surface area contributed by atoms with Crippen LogP contribution in [-0.4, -0.2) is 44.7 Å². The molecule has 0 N–H and O–H groups in total. The first kappa shape index (κ1) is 23.2. The summed E-state index contributed by atoms with van der Waals surface area (Å²) in [6, 6.07) is 4.33. The van der Waals surface area contributed by atoms with Crippen LogP contribution in [0.15, 0.2) is 46.4 Å². The predicted octanol–water partition coefficient (Wildman–Crippen LogP) is 3.61. The maximum Gasteiger partial charge on any atom is 0.336 e. The molecule has 12 heteroatoms. The molecule has 0 amide bonds. The van der Waals surface area contributed by atoms with Crippen LogP contribution in [0.25, 0.3) is 37.2 Å². The SMILES string of the molecule is COCCn1c(=O)n(-c2cncc3cnn(C)c23)c(=O)c2sc(-c3cc(OC)c(F)cc3Cl)cc21. The van der Waals surface area contributed by atoms with Gasteiger partial charge in [0.1, 0.15) is 4.70 Å². The van der Waals surface area contributed by atoms with Gasteiger partial charge in [0, 0.05) is 36.2 Å². The summed E-state index contributed by atoms with van der Waals surface area (Å²) in [7, 11) is 4.61. The largest absolute Gasteiger partial charge is 0.494 e. The van der Waals surface area contributed by atoms with E-state index in [1.165, 1.54) is 31.0 Å². The van der Waals surface area contributed by atoms with E-state index in [9.17, 15) is 14.0 Å². The maximum absolute atomic E-state index is 14.1. The van der Waals surface area contributed by atoms with Crippen molar-refractivity contribution in [3.05, 3.63) is 68.5 Å². The molecule has 0 fully saturated rings. The van der Waals surface area contributed by atoms with E-state index < -0.39 is 17.1 Å². The van der Waals surface area contributed by atoms with E-state index in [1.807, 2.05) is 0 Å². The summed E-state index contributed by atoms with van der Waals surface area (Å²) in [6.45, 7) is 0.454. The Balaban J connectivity index is 1.84. The number of nitrogens with zero attached hydrogens (tertiary/aromatic N) is 5. The molecule has 0 unspecified atom stereocenters. The standard InChI is InChI=1S/C23H19ClFN5O4S/c1-28-20-12(10-27-28)9-26-11-17(20)30-22(31)21-16(29(23(30)32)4-5-33-2)8-19(35-21)13-6-18(34-3)15(25)7-14(13)24/h6-11H,4-5H2,1-3H3. The van der Waals surface area contributed by atoms with E-state index in [0.717, 1.165) is 22.0 Å². The summed E-state index contributed by atoms with van der Waals surface area (Å²) in [5.74, 6) is -0.580. The third-order valence-electron chi connectivity index (χ3n) is 5.71. The number of benzene rings is 1. The van der Waals surface area contributed by atoms with Crippen LogP contribution < -0.4 is 16.0 Å². The van der Waals surface area contributed by atoms with Crippen molar-refractivity contribution in [1.29, 1.82) is 0 Å². The van der Waals surface area contributed by atoms with Gasteiger partial charge in [0.05, 0.1) is 54.4 Å². The monoisotopic (exact) mass is 515 g/mol. The van der Waals surface area contributed by atoms with Crippen LogP contribution in [-0.2, 0) is 18.3 Å². The lowest BCUT2D eigenvalue weighted by Crippen LogP contribution is -2.39. The molecule has 0 aliphatic heterocycles. The first-order valence-corrected chi connectivity index (χ1v) is 11.6. The second kappa shape index (κ2) is 8.91. The molecule has 0 aliphatic carbocycles. The minimum Gasteiger partial charge on any atom is -0.494 e. The normalized spacial score (nSPS) is 11.6. The van der Waals surface area contributed by atoms with Crippen molar-refractivity contribution >= 4 is 44.1 Å². The highest BCUT2D eigenvalue weighted by atomic mass is 35.5. The zero-order chi connectivity index (χ0) is 24.9. The quantitative estimate of drug-likeness (QED) is 0.343. The highest BCUT2D eigenvalue weighted by Gasteiger charge is 2.22. The Morgan fingerprint density at radius 2 is 1.94 bits per heavy atom. The number of pyridine rings is 1. The third-order valence-corrected chi connectivity index (χ3v) is 7.17. The molecule has 5 aromatic rings. The maximum atomic E-state index is 14.1. The molecule has 0 bridgehead atoms. The molecule has 180 valence electrons. The minimum atomic E-state index is -0.599. The van der Waals surface area contributed by atoms with E-state index in [2.05, 4.69) is 10.1 Å². The van der Waals surface area contributed by atoms with Gasteiger partial charge in [0.25, 0.3) is 5.56 Å². The lowest BCUT2D eigenvalue weighted by molar-refractivity contribution is 0.187. The van der Waals surface area contributed by atoms with Crippen molar-refractivity contribution in [2.45, 2.75) is 6.54 Å². The van der Waals surface area contributed by atoms with Crippen LogP contribution in [0.3, 0.4) is 0 Å². The smallest absolute Gasteiger partial charge is 0.336 e. The van der Waals surface area contributed by atoms with E-state index in [4.69, 9.17) is 21.1 Å². The van der Waals surface area contributed by atoms with E-state index >= 15 is 0 Å². The fourth-order valence-corrected chi connectivity index (χ4v) is 5.47. The van der Waals surface area contributed by atoms with Gasteiger partial charge in [-0.2, -0.15) is 5.10 Å². The van der Waals surface area contributed by atoms with Crippen molar-refractivity contribution in [2.75, 3.05) is 20.8 Å². The summed E-state index contributed by atoms with van der Waals surface area (Å²) in [5.41, 5.74) is 0.788. The molecule has 0 spiro atoms. The number of aryl methyl sites for hydroxylation is 1. The Labute approximate surface area is 206 Å². The number of hydrogen-bond acceptors (Lipinski definition) is 7. The van der Waals surface area contributed by atoms with Crippen LogP contribution in [0.4, 0.5) is 4.39 Å². The van der Waals surface area contributed by atoms with Gasteiger partial charge in [0.2, 0.25) is 0 Å². The number of methoxy groups -OCH3 is 2. The molecule has 0 saturated carbocycles. The Kier molecular flexibility index (Phi) is 5.91. The molecular formula is C23H19ClFN5O4S. The van der Waals surface area contributed by atoms with Crippen molar-refractivity contribution < 1.29 is 13.9 Å². The summed E-state index contributed by atoms with van der Waals surface area (Å²) in [6.07, 6.45) is 4.70. The number of rotatable bonds is 6. The van der Waals surface area contributed by atoms with Gasteiger partial charge in [0.15, 0.2) is 11.6 Å². The van der Waals surface area contributed by atoms with Crippen molar-refractivity contribution in [1.82, 2.24) is 23.9 Å². The van der Waals surface area contributed by atoms with Gasteiger partial charge >= 0.3 is 5.69 Å². The third kappa shape index (κ3) is 3.72. The summed E-state index contributed by atoms with van der Waals surface area (Å²) >= 11 is 7.49. The highest BCUT2D eigenvalue weighted by molar-refractivity contribution is 7.22. The van der Waals surface area contributed by atoms with Gasteiger partial charge in [-0.3, -0.25) is 19.0 Å². The number of halogens is 2. The van der Waals surface area contributed by atoms with Gasteiger partial charge in [-0.25, -0.2) is 13.8 Å². The molecule has 0 saturated heterocycles. The fourth-order valence-electron chi connectivity index (χ4n) is 4.04. The summed E-state index contributed by atoms with van der Waals surface area (Å²) < 4.78 is 28.9. The van der Waals surface area contributed by atoms with Gasteiger partial charge in [-0.05, 0) is 18.2 Å². The number of aromatic nitrogens is 5. The Bertz CT molecular complexity index is 1720. The average Bonchev–Trinajstić information content (AvgIpc) is 3.44. The lowest BCUT2D eigenvalue weighted by Gasteiger charge is -2.12. The summed E-state index contributed by atoms with van der Waals surface area (Å²) in [5, 5.41) is 5.08. The fraction of sp³-hybridized carbons (Fsp3) is 0.217.